The third-order valence-electron chi connectivity index (χ3n) is 7.88. The maximum absolute atomic E-state index is 4.70. The molecule has 0 spiro atoms. The molecule has 6 rings (SSSR count). The molecule has 6 aromatic rings. The highest BCUT2D eigenvalue weighted by Crippen LogP contribution is 2.18. The van der Waals surface area contributed by atoms with Crippen molar-refractivity contribution >= 4 is 34.5 Å². The summed E-state index contributed by atoms with van der Waals surface area (Å²) in [5.41, 5.74) is 12.5. The Bertz CT molecular complexity index is 1760. The molecule has 2 nitrogen and oxygen atoms in total. The summed E-state index contributed by atoms with van der Waals surface area (Å²) in [6.07, 6.45) is 0. The van der Waals surface area contributed by atoms with Gasteiger partial charge in [0, 0.05) is 25.2 Å². The average Bonchev–Trinajstić information content (AvgIpc) is 3.08. The molecule has 0 aliphatic carbocycles. The fraction of sp³-hybridized carbons (Fsp3) is 0.0500. The minimum atomic E-state index is 0.0208. The summed E-state index contributed by atoms with van der Waals surface area (Å²) in [5, 5.41) is 0. The van der Waals surface area contributed by atoms with Gasteiger partial charge in [-0.1, -0.05) is 180 Å². The van der Waals surface area contributed by atoms with E-state index in [2.05, 4.69) is 152 Å². The number of rotatable bonds is 8. The molecule has 0 amide bonds. The minimum absolute atomic E-state index is 0.0208. The molecule has 0 aromatic heterocycles. The van der Waals surface area contributed by atoms with Gasteiger partial charge in [-0.25, -0.2) is 0 Å². The van der Waals surface area contributed by atoms with Crippen molar-refractivity contribution in [3.8, 4) is 11.1 Å². The number of hydrogen-bond donors (Lipinski definition) is 0. The Morgan fingerprint density at radius 2 is 0.767 bits per heavy atom. The van der Waals surface area contributed by atoms with Gasteiger partial charge in [0.25, 0.3) is 0 Å². The van der Waals surface area contributed by atoms with Crippen LogP contribution in [0.3, 0.4) is 0 Å². The monoisotopic (exact) mass is 552 g/mol. The predicted octanol–water partition coefficient (Wildman–Crippen LogP) is 6.80. The van der Waals surface area contributed by atoms with Crippen LogP contribution in [0.5, 0.6) is 0 Å². The van der Waals surface area contributed by atoms with Crippen LogP contribution < -0.4 is 16.4 Å². The van der Waals surface area contributed by atoms with Crippen molar-refractivity contribution in [1.82, 2.24) is 0 Å². The molecule has 6 aromatic carbocycles. The largest absolute Gasteiger partial charge is 0.287 e. The smallest absolute Gasteiger partial charge is 0.241 e. The van der Waals surface area contributed by atoms with Gasteiger partial charge in [0.05, 0.1) is 11.4 Å². The van der Waals surface area contributed by atoms with E-state index in [-0.39, 0.29) is 6.71 Å². The predicted molar refractivity (Wildman–Crippen MR) is 185 cm³/mol. The van der Waals surface area contributed by atoms with Crippen LogP contribution in [-0.2, 0) is 0 Å². The van der Waals surface area contributed by atoms with Crippen LogP contribution in [0.1, 0.15) is 22.3 Å². The first-order valence-electron chi connectivity index (χ1n) is 14.7. The Morgan fingerprint density at radius 3 is 1.21 bits per heavy atom. The van der Waals surface area contributed by atoms with Gasteiger partial charge in [0.15, 0.2) is 0 Å². The summed E-state index contributed by atoms with van der Waals surface area (Å²) in [6.45, 7) is 0.0208. The van der Waals surface area contributed by atoms with Crippen molar-refractivity contribution in [2.45, 2.75) is 0 Å². The van der Waals surface area contributed by atoms with Crippen LogP contribution in [0.2, 0.25) is 0 Å². The lowest BCUT2D eigenvalue weighted by molar-refractivity contribution is 1.41. The van der Waals surface area contributed by atoms with E-state index < -0.39 is 0 Å². The Hall–Kier alpha value is -5.28. The van der Waals surface area contributed by atoms with Crippen molar-refractivity contribution in [3.05, 3.63) is 186 Å². The van der Waals surface area contributed by atoms with Crippen LogP contribution in [0, 0.1) is 0 Å². The number of hydrogen-bond acceptors (Lipinski definition) is 2. The second kappa shape index (κ2) is 13.1. The van der Waals surface area contributed by atoms with Crippen LogP contribution >= 0.6 is 0 Å². The summed E-state index contributed by atoms with van der Waals surface area (Å²) in [6, 6.07) is 58.0. The SMILES string of the molecule is CN=C(c1ccccc1)c1cccc(B(c2ccc(-c3ccccc3)cc2)c2cccc(C(=NC)c3ccccc3)c2)c1. The van der Waals surface area contributed by atoms with E-state index in [0.717, 1.165) is 33.7 Å². The third-order valence-corrected chi connectivity index (χ3v) is 7.88. The van der Waals surface area contributed by atoms with E-state index >= 15 is 0 Å². The molecule has 0 radical (unpaired) electrons. The molecule has 0 atom stereocenters. The Labute approximate surface area is 255 Å². The fourth-order valence-electron chi connectivity index (χ4n) is 5.85. The van der Waals surface area contributed by atoms with Crippen molar-refractivity contribution in [2.24, 2.45) is 9.98 Å². The first kappa shape index (κ1) is 27.9. The lowest BCUT2D eigenvalue weighted by Crippen LogP contribution is -2.52. The zero-order valence-electron chi connectivity index (χ0n) is 24.6. The van der Waals surface area contributed by atoms with Gasteiger partial charge in [0.2, 0.25) is 6.71 Å². The summed E-state index contributed by atoms with van der Waals surface area (Å²) in [4.78, 5) is 9.41. The second-order valence-corrected chi connectivity index (χ2v) is 10.5. The first-order chi connectivity index (χ1) is 21.2. The third kappa shape index (κ3) is 6.17. The Kier molecular flexibility index (Phi) is 8.52. The van der Waals surface area contributed by atoms with Crippen LogP contribution in [0.15, 0.2) is 174 Å². The Morgan fingerprint density at radius 1 is 0.372 bits per heavy atom. The molecule has 0 bridgehead atoms. The van der Waals surface area contributed by atoms with Gasteiger partial charge < -0.3 is 0 Å². The molecule has 0 aliphatic rings. The molecular weight excluding hydrogens is 519 g/mol. The molecule has 0 aliphatic heterocycles. The highest BCUT2D eigenvalue weighted by molar-refractivity contribution is 6.95. The van der Waals surface area contributed by atoms with E-state index in [4.69, 9.17) is 9.98 Å². The molecule has 0 fully saturated rings. The second-order valence-electron chi connectivity index (χ2n) is 10.5. The molecule has 43 heavy (non-hydrogen) atoms. The van der Waals surface area contributed by atoms with Crippen LogP contribution in [0.4, 0.5) is 0 Å². The zero-order valence-corrected chi connectivity index (χ0v) is 24.6. The normalized spacial score (nSPS) is 11.8. The van der Waals surface area contributed by atoms with Crippen LogP contribution in [-0.4, -0.2) is 32.2 Å². The number of benzene rings is 6. The van der Waals surface area contributed by atoms with Crippen molar-refractivity contribution < 1.29 is 0 Å². The molecule has 0 heterocycles. The molecule has 0 unspecified atom stereocenters. The van der Waals surface area contributed by atoms with E-state index in [0.29, 0.717) is 0 Å². The summed E-state index contributed by atoms with van der Waals surface area (Å²) >= 11 is 0. The summed E-state index contributed by atoms with van der Waals surface area (Å²) in [7, 11) is 3.74. The van der Waals surface area contributed by atoms with E-state index in [1.807, 2.05) is 26.2 Å². The molecule has 0 saturated heterocycles. The minimum Gasteiger partial charge on any atom is -0.287 e. The highest BCUT2D eigenvalue weighted by Gasteiger charge is 2.24. The quantitative estimate of drug-likeness (QED) is 0.147. The molecule has 0 saturated carbocycles. The van der Waals surface area contributed by atoms with Crippen molar-refractivity contribution in [1.29, 1.82) is 0 Å². The van der Waals surface area contributed by atoms with Gasteiger partial charge >= 0.3 is 0 Å². The highest BCUT2D eigenvalue weighted by atomic mass is 14.7. The average molecular weight is 553 g/mol. The molecule has 206 valence electrons. The van der Waals surface area contributed by atoms with Crippen molar-refractivity contribution in [3.63, 3.8) is 0 Å². The lowest BCUT2D eigenvalue weighted by Gasteiger charge is -2.19. The summed E-state index contributed by atoms with van der Waals surface area (Å²) in [5.74, 6) is 0. The maximum Gasteiger partial charge on any atom is 0.241 e. The molecule has 3 heteroatoms. The maximum atomic E-state index is 4.70. The van der Waals surface area contributed by atoms with Crippen molar-refractivity contribution in [2.75, 3.05) is 14.1 Å². The topological polar surface area (TPSA) is 24.7 Å². The standard InChI is InChI=1S/C40H33BN2/c1-42-39(32-16-8-4-9-17-32)34-20-12-22-37(28-34)41(36-26-24-31(25-27-36)30-14-6-3-7-15-30)38-23-13-21-35(29-38)40(43-2)33-18-10-5-11-19-33/h3-29H,1-2H3. The van der Waals surface area contributed by atoms with Gasteiger partial charge in [0.1, 0.15) is 0 Å². The lowest BCUT2D eigenvalue weighted by atomic mass is 9.36. The Balaban J connectivity index is 1.47. The van der Waals surface area contributed by atoms with Crippen LogP contribution in [0.25, 0.3) is 11.1 Å². The van der Waals surface area contributed by atoms with Gasteiger partial charge in [-0.3, -0.25) is 9.98 Å². The van der Waals surface area contributed by atoms with Gasteiger partial charge in [-0.15, -0.1) is 0 Å². The first-order valence-corrected chi connectivity index (χ1v) is 14.7. The van der Waals surface area contributed by atoms with Gasteiger partial charge in [-0.05, 0) is 22.3 Å². The number of nitrogens with zero attached hydrogens (tertiary/aromatic N) is 2. The molecule has 0 N–H and O–H groups in total. The van der Waals surface area contributed by atoms with E-state index in [9.17, 15) is 0 Å². The fourth-order valence-corrected chi connectivity index (χ4v) is 5.85. The molecular formula is C40H33BN2. The van der Waals surface area contributed by atoms with E-state index in [1.54, 1.807) is 0 Å². The van der Waals surface area contributed by atoms with E-state index in [1.165, 1.54) is 27.5 Å². The summed E-state index contributed by atoms with van der Waals surface area (Å²) < 4.78 is 0. The number of aliphatic imine (C=N–C) groups is 2. The van der Waals surface area contributed by atoms with Gasteiger partial charge in [-0.2, -0.15) is 0 Å². The zero-order chi connectivity index (χ0) is 29.4.